The first-order valence-corrected chi connectivity index (χ1v) is 15.3. The number of unbranched alkanes of at least 4 members (excludes halogenated alkanes) is 3. The lowest BCUT2D eigenvalue weighted by Crippen LogP contribution is -2.53. The maximum absolute atomic E-state index is 14.6. The molecule has 4 heterocycles. The van der Waals surface area contributed by atoms with Gasteiger partial charge in [0.05, 0.1) is 23.2 Å². The van der Waals surface area contributed by atoms with Gasteiger partial charge in [-0.1, -0.05) is 67.5 Å². The highest BCUT2D eigenvalue weighted by molar-refractivity contribution is 8.02. The number of aliphatic hydroxyl groups is 1. The normalized spacial score (nSPS) is 30.7. The Balaban J connectivity index is 1.39. The van der Waals surface area contributed by atoms with Gasteiger partial charge in [0, 0.05) is 30.6 Å². The van der Waals surface area contributed by atoms with Crippen LogP contribution in [0.15, 0.2) is 66.8 Å². The zero-order valence-corrected chi connectivity index (χ0v) is 23.4. The molecular weight excluding hydrogens is 524 g/mol. The summed E-state index contributed by atoms with van der Waals surface area (Å²) in [5, 5.41) is 11.1. The van der Waals surface area contributed by atoms with Gasteiger partial charge in [-0.3, -0.25) is 14.4 Å². The fraction of sp³-hybridized carbons (Fsp3) is 0.469. The molecule has 2 aromatic rings. The van der Waals surface area contributed by atoms with E-state index >= 15 is 0 Å². The summed E-state index contributed by atoms with van der Waals surface area (Å²) in [7, 11) is 0. The van der Waals surface area contributed by atoms with Gasteiger partial charge in [-0.05, 0) is 48.6 Å². The van der Waals surface area contributed by atoms with Crippen LogP contribution in [0.25, 0.3) is 10.8 Å². The SMILES string of the molecule is O=C1OCCC/C=C\[C@@H]2S[C@]34C=CCN(c5ccc6ccccc6c5)C(=O)C3N(CCCCCCO)C(=O)[C@@H]4[C@H]12. The van der Waals surface area contributed by atoms with Crippen LogP contribution in [0, 0.1) is 11.8 Å². The second kappa shape index (κ2) is 11.4. The zero-order chi connectivity index (χ0) is 27.7. The van der Waals surface area contributed by atoms with Crippen molar-refractivity contribution in [2.24, 2.45) is 11.8 Å². The van der Waals surface area contributed by atoms with Gasteiger partial charge >= 0.3 is 5.97 Å². The first-order valence-electron chi connectivity index (χ1n) is 14.5. The molecule has 1 N–H and O–H groups in total. The van der Waals surface area contributed by atoms with Gasteiger partial charge < -0.3 is 19.6 Å². The van der Waals surface area contributed by atoms with E-state index in [1.807, 2.05) is 48.5 Å². The number of anilines is 1. The summed E-state index contributed by atoms with van der Waals surface area (Å²) in [5.74, 6) is -1.85. The second-order valence-electron chi connectivity index (χ2n) is 11.1. The first kappa shape index (κ1) is 27.1. The minimum atomic E-state index is -0.844. The van der Waals surface area contributed by atoms with E-state index in [-0.39, 0.29) is 29.6 Å². The van der Waals surface area contributed by atoms with Crippen LogP contribution in [-0.2, 0) is 19.1 Å². The van der Waals surface area contributed by atoms with Crippen molar-refractivity contribution in [1.29, 1.82) is 0 Å². The highest BCUT2D eigenvalue weighted by Crippen LogP contribution is 2.60. The van der Waals surface area contributed by atoms with Crippen molar-refractivity contribution < 1.29 is 24.2 Å². The predicted octanol–water partition coefficient (Wildman–Crippen LogP) is 4.49. The van der Waals surface area contributed by atoms with Crippen LogP contribution in [0.4, 0.5) is 5.69 Å². The van der Waals surface area contributed by atoms with Crippen LogP contribution >= 0.6 is 11.8 Å². The Labute approximate surface area is 239 Å². The molecule has 0 saturated carbocycles. The fourth-order valence-electron chi connectivity index (χ4n) is 6.82. The quantitative estimate of drug-likeness (QED) is 0.305. The van der Waals surface area contributed by atoms with Crippen molar-refractivity contribution in [3.05, 3.63) is 66.8 Å². The molecule has 0 bridgehead atoms. The Kier molecular flexibility index (Phi) is 7.73. The van der Waals surface area contributed by atoms with Gasteiger partial charge in [-0.2, -0.15) is 0 Å². The lowest BCUT2D eigenvalue weighted by Gasteiger charge is -2.35. The highest BCUT2D eigenvalue weighted by Gasteiger charge is 2.70. The highest BCUT2D eigenvalue weighted by atomic mass is 32.2. The molecule has 6 rings (SSSR count). The Morgan fingerprint density at radius 2 is 1.80 bits per heavy atom. The monoisotopic (exact) mass is 560 g/mol. The molecule has 2 saturated heterocycles. The third-order valence-electron chi connectivity index (χ3n) is 8.70. The number of aliphatic hydroxyl groups excluding tert-OH is 1. The summed E-state index contributed by atoms with van der Waals surface area (Å²) in [6, 6.07) is 13.4. The number of benzene rings is 2. The van der Waals surface area contributed by atoms with Crippen molar-refractivity contribution in [2.75, 3.05) is 31.2 Å². The number of cyclic esters (lactones) is 1. The van der Waals surface area contributed by atoms with Crippen LogP contribution in [0.3, 0.4) is 0 Å². The van der Waals surface area contributed by atoms with Gasteiger partial charge in [-0.25, -0.2) is 0 Å². The summed E-state index contributed by atoms with van der Waals surface area (Å²) in [6.45, 7) is 1.33. The number of fused-ring (bicyclic) bond motifs is 3. The maximum atomic E-state index is 14.6. The van der Waals surface area contributed by atoms with Crippen LogP contribution in [0.1, 0.15) is 38.5 Å². The molecule has 1 spiro atoms. The number of rotatable bonds is 7. The smallest absolute Gasteiger partial charge is 0.311 e. The molecule has 1 unspecified atom stereocenters. The molecule has 0 aliphatic carbocycles. The predicted molar refractivity (Wildman–Crippen MR) is 157 cm³/mol. The minimum Gasteiger partial charge on any atom is -0.465 e. The van der Waals surface area contributed by atoms with Gasteiger partial charge in [0.1, 0.15) is 6.04 Å². The molecular formula is C32H36N2O5S. The summed E-state index contributed by atoms with van der Waals surface area (Å²) in [6.07, 6.45) is 13.0. The average Bonchev–Trinajstić information content (AvgIpc) is 3.37. The van der Waals surface area contributed by atoms with Crippen molar-refractivity contribution in [2.45, 2.75) is 54.6 Å². The number of hydrogen-bond donors (Lipinski definition) is 1. The largest absolute Gasteiger partial charge is 0.465 e. The van der Waals surface area contributed by atoms with Gasteiger partial charge in [0.25, 0.3) is 5.91 Å². The third-order valence-corrected chi connectivity index (χ3v) is 10.4. The van der Waals surface area contributed by atoms with Crippen molar-refractivity contribution in [1.82, 2.24) is 4.90 Å². The van der Waals surface area contributed by atoms with E-state index in [9.17, 15) is 19.5 Å². The lowest BCUT2D eigenvalue weighted by atomic mass is 9.78. The van der Waals surface area contributed by atoms with Crippen molar-refractivity contribution >= 4 is 46.0 Å². The number of esters is 1. The maximum Gasteiger partial charge on any atom is 0.311 e. The molecule has 4 aliphatic heterocycles. The van der Waals surface area contributed by atoms with Gasteiger partial charge in [-0.15, -0.1) is 11.8 Å². The molecule has 2 aromatic carbocycles. The minimum absolute atomic E-state index is 0.108. The van der Waals surface area contributed by atoms with Crippen molar-refractivity contribution in [3.8, 4) is 0 Å². The van der Waals surface area contributed by atoms with Crippen molar-refractivity contribution in [3.63, 3.8) is 0 Å². The fourth-order valence-corrected chi connectivity index (χ4v) is 8.82. The summed E-state index contributed by atoms with van der Waals surface area (Å²) >= 11 is 1.59. The topological polar surface area (TPSA) is 87.2 Å². The van der Waals surface area contributed by atoms with Crippen LogP contribution in [0.2, 0.25) is 0 Å². The Bertz CT molecular complexity index is 1360. The van der Waals surface area contributed by atoms with Gasteiger partial charge in [0.2, 0.25) is 5.91 Å². The number of nitrogens with zero attached hydrogens (tertiary/aromatic N) is 2. The average molecular weight is 561 g/mol. The zero-order valence-electron chi connectivity index (χ0n) is 22.6. The molecule has 5 atom stereocenters. The van der Waals surface area contributed by atoms with E-state index in [0.29, 0.717) is 19.7 Å². The first-order chi connectivity index (χ1) is 19.5. The Morgan fingerprint density at radius 1 is 0.975 bits per heavy atom. The number of likely N-dealkylation sites (tertiary alicyclic amines) is 1. The van der Waals surface area contributed by atoms with E-state index in [1.54, 1.807) is 21.6 Å². The van der Waals surface area contributed by atoms with E-state index < -0.39 is 22.6 Å². The second-order valence-corrected chi connectivity index (χ2v) is 12.6. The number of hydrogen-bond acceptors (Lipinski definition) is 6. The number of carbonyl (C=O) groups is 3. The molecule has 40 heavy (non-hydrogen) atoms. The molecule has 0 aromatic heterocycles. The molecule has 4 aliphatic rings. The van der Waals surface area contributed by atoms with E-state index in [4.69, 9.17) is 4.74 Å². The van der Waals surface area contributed by atoms with Crippen LogP contribution in [0.5, 0.6) is 0 Å². The summed E-state index contributed by atoms with van der Waals surface area (Å²) < 4.78 is 4.81. The standard InChI is InChI=1S/C32H36N2O5S/c35-19-8-2-1-7-17-34-28-30(37)33(24-15-14-22-11-5-6-12-23(22)21-24)18-10-16-32(28)27(29(34)36)26-25(40-32)13-4-3-9-20-39-31(26)38/h4-6,10-16,21,25-28,35H,1-3,7-9,17-20H2/b13-4-/t25-,26+,27-,28?,32-/m0/s1. The van der Waals surface area contributed by atoms with Crippen LogP contribution < -0.4 is 4.90 Å². The Morgan fingerprint density at radius 3 is 2.65 bits per heavy atom. The van der Waals surface area contributed by atoms with E-state index in [1.165, 1.54) is 0 Å². The molecule has 2 amide bonds. The van der Waals surface area contributed by atoms with E-state index in [2.05, 4.69) is 18.2 Å². The van der Waals surface area contributed by atoms with Gasteiger partial charge in [0.15, 0.2) is 0 Å². The number of carbonyl (C=O) groups excluding carboxylic acids is 3. The summed E-state index contributed by atoms with van der Waals surface area (Å²) in [4.78, 5) is 45.8. The molecule has 2 fully saturated rings. The van der Waals surface area contributed by atoms with E-state index in [0.717, 1.165) is 55.0 Å². The number of ether oxygens (including phenoxy) is 1. The Hall–Kier alpha value is -3.10. The number of amides is 2. The number of thioether (sulfide) groups is 1. The third kappa shape index (κ3) is 4.65. The molecule has 7 nitrogen and oxygen atoms in total. The summed E-state index contributed by atoms with van der Waals surface area (Å²) in [5.41, 5.74) is 0.800. The van der Waals surface area contributed by atoms with Crippen LogP contribution in [-0.4, -0.2) is 70.1 Å². The molecule has 210 valence electrons. The number of allylic oxidation sites excluding steroid dienone is 1. The lowest BCUT2D eigenvalue weighted by molar-refractivity contribution is -0.153. The molecule has 8 heteroatoms. The molecule has 0 radical (unpaired) electrons.